The van der Waals surface area contributed by atoms with Crippen LogP contribution in [0.15, 0.2) is 24.8 Å². The molecule has 1 atom stereocenters. The molecule has 0 aromatic heterocycles. The van der Waals surface area contributed by atoms with Crippen LogP contribution in [0.5, 0.6) is 0 Å². The van der Waals surface area contributed by atoms with Gasteiger partial charge in [-0.05, 0) is 26.3 Å². The molecule has 2 nitrogen and oxygen atoms in total. The van der Waals surface area contributed by atoms with Crippen LogP contribution in [0, 0.1) is 0 Å². The zero-order valence-electron chi connectivity index (χ0n) is 7.13. The molecule has 11 heavy (non-hydrogen) atoms. The molecule has 62 valence electrons. The Bertz CT molecular complexity index is 161. The minimum Gasteiger partial charge on any atom is -0.350 e. The molecule has 0 saturated carbocycles. The van der Waals surface area contributed by atoms with E-state index in [1.807, 2.05) is 13.8 Å². The van der Waals surface area contributed by atoms with Gasteiger partial charge in [0, 0.05) is 6.04 Å². The predicted octanol–water partition coefficient (Wildman–Crippen LogP) is 1.64. The summed E-state index contributed by atoms with van der Waals surface area (Å²) in [6, 6.07) is 0.177. The van der Waals surface area contributed by atoms with Crippen LogP contribution >= 0.6 is 0 Å². The van der Waals surface area contributed by atoms with Crippen molar-refractivity contribution in [1.29, 1.82) is 0 Å². The quantitative estimate of drug-likeness (QED) is 0.483. The highest BCUT2D eigenvalue weighted by Crippen LogP contribution is 1.90. The maximum absolute atomic E-state index is 10.9. The van der Waals surface area contributed by atoms with E-state index < -0.39 is 0 Å². The number of hydrogen-bond donors (Lipinski definition) is 1. The van der Waals surface area contributed by atoms with E-state index in [4.69, 9.17) is 0 Å². The maximum atomic E-state index is 10.9. The van der Waals surface area contributed by atoms with Crippen LogP contribution < -0.4 is 5.32 Å². The number of carbonyl (C=O) groups is 1. The summed E-state index contributed by atoms with van der Waals surface area (Å²) in [6.07, 6.45) is 5.83. The number of hydrogen-bond acceptors (Lipinski definition) is 1. The first-order valence-corrected chi connectivity index (χ1v) is 3.74. The summed E-state index contributed by atoms with van der Waals surface area (Å²) in [7, 11) is 0. The molecule has 0 rings (SSSR count). The Kier molecular flexibility index (Phi) is 5.17. The molecule has 1 amide bonds. The van der Waals surface area contributed by atoms with Crippen molar-refractivity contribution in [3.63, 3.8) is 0 Å². The fourth-order valence-corrected chi connectivity index (χ4v) is 0.751. The first kappa shape index (κ1) is 9.95. The largest absolute Gasteiger partial charge is 0.350 e. The molecule has 2 heteroatoms. The van der Waals surface area contributed by atoms with Crippen LogP contribution in [0.2, 0.25) is 0 Å². The molecular formula is C9H15NO. The third kappa shape index (κ3) is 5.40. The molecule has 0 aromatic carbocycles. The molecular weight excluding hydrogens is 138 g/mol. The van der Waals surface area contributed by atoms with Crippen molar-refractivity contribution < 1.29 is 4.79 Å². The highest BCUT2D eigenvalue weighted by Gasteiger charge is 2.00. The van der Waals surface area contributed by atoms with Crippen molar-refractivity contribution in [3.05, 3.63) is 24.8 Å². The third-order valence-corrected chi connectivity index (χ3v) is 1.23. The van der Waals surface area contributed by atoms with Gasteiger partial charge in [-0.1, -0.05) is 12.2 Å². The fraction of sp³-hybridized carbons (Fsp3) is 0.444. The van der Waals surface area contributed by atoms with Gasteiger partial charge in [-0.25, -0.2) is 0 Å². The van der Waals surface area contributed by atoms with E-state index in [9.17, 15) is 4.79 Å². The first-order chi connectivity index (χ1) is 5.20. The van der Waals surface area contributed by atoms with E-state index in [0.29, 0.717) is 0 Å². The number of nitrogens with one attached hydrogen (secondary N) is 1. The van der Waals surface area contributed by atoms with Crippen LogP contribution in [0.1, 0.15) is 20.3 Å². The van der Waals surface area contributed by atoms with Crippen LogP contribution in [0.3, 0.4) is 0 Å². The number of rotatable bonds is 4. The van der Waals surface area contributed by atoms with Crippen molar-refractivity contribution in [1.82, 2.24) is 5.32 Å². The molecule has 0 heterocycles. The summed E-state index contributed by atoms with van der Waals surface area (Å²) in [5.74, 6) is -0.0400. The Labute approximate surface area is 68.0 Å². The van der Waals surface area contributed by atoms with Gasteiger partial charge in [0.15, 0.2) is 0 Å². The molecule has 1 unspecified atom stereocenters. The Morgan fingerprint density at radius 2 is 2.36 bits per heavy atom. The molecule has 0 aliphatic rings. The van der Waals surface area contributed by atoms with Crippen molar-refractivity contribution in [2.45, 2.75) is 26.3 Å². The summed E-state index contributed by atoms with van der Waals surface area (Å²) in [5, 5.41) is 2.78. The van der Waals surface area contributed by atoms with Crippen molar-refractivity contribution in [2.24, 2.45) is 0 Å². The van der Waals surface area contributed by atoms with Crippen molar-refractivity contribution in [3.8, 4) is 0 Å². The van der Waals surface area contributed by atoms with E-state index in [1.54, 1.807) is 12.2 Å². The van der Waals surface area contributed by atoms with Crippen LogP contribution in [0.25, 0.3) is 0 Å². The molecule has 0 radical (unpaired) electrons. The zero-order chi connectivity index (χ0) is 8.69. The highest BCUT2D eigenvalue weighted by atomic mass is 16.1. The smallest absolute Gasteiger partial charge is 0.243 e. The average Bonchev–Trinajstić information content (AvgIpc) is 1.87. The Hall–Kier alpha value is -1.05. The van der Waals surface area contributed by atoms with Crippen molar-refractivity contribution >= 4 is 5.91 Å². The van der Waals surface area contributed by atoms with E-state index >= 15 is 0 Å². The Morgan fingerprint density at radius 3 is 2.82 bits per heavy atom. The predicted molar refractivity (Wildman–Crippen MR) is 47.2 cm³/mol. The lowest BCUT2D eigenvalue weighted by molar-refractivity contribution is -0.117. The second kappa shape index (κ2) is 5.71. The molecule has 1 N–H and O–H groups in total. The van der Waals surface area contributed by atoms with E-state index in [-0.39, 0.29) is 11.9 Å². The normalized spacial score (nSPS) is 12.9. The molecule has 0 saturated heterocycles. The van der Waals surface area contributed by atoms with Crippen molar-refractivity contribution in [2.75, 3.05) is 0 Å². The van der Waals surface area contributed by atoms with Gasteiger partial charge in [0.2, 0.25) is 5.91 Å². The lowest BCUT2D eigenvalue weighted by atomic mass is 10.2. The summed E-state index contributed by atoms with van der Waals surface area (Å²) < 4.78 is 0. The van der Waals surface area contributed by atoms with Gasteiger partial charge in [0.05, 0.1) is 0 Å². The summed E-state index contributed by atoms with van der Waals surface area (Å²) >= 11 is 0. The van der Waals surface area contributed by atoms with Gasteiger partial charge in [-0.2, -0.15) is 0 Å². The highest BCUT2D eigenvalue weighted by molar-refractivity contribution is 5.87. The monoisotopic (exact) mass is 153 g/mol. The summed E-state index contributed by atoms with van der Waals surface area (Å²) in [4.78, 5) is 10.9. The van der Waals surface area contributed by atoms with Gasteiger partial charge >= 0.3 is 0 Å². The summed E-state index contributed by atoms with van der Waals surface area (Å²) in [6.45, 7) is 7.35. The van der Waals surface area contributed by atoms with Crippen LogP contribution in [0.4, 0.5) is 0 Å². The fourth-order valence-electron chi connectivity index (χ4n) is 0.751. The molecule has 0 aliphatic carbocycles. The lowest BCUT2D eigenvalue weighted by Crippen LogP contribution is -2.30. The van der Waals surface area contributed by atoms with E-state index in [1.165, 1.54) is 6.08 Å². The van der Waals surface area contributed by atoms with Crippen LogP contribution in [-0.2, 0) is 4.79 Å². The standard InChI is InChI=1S/C9H15NO/c1-4-6-8(3)10-9(11)7-5-2/h4-5,7-8H,1,6H2,2-3H3,(H,10,11)/b7-5+. The van der Waals surface area contributed by atoms with Gasteiger partial charge in [0.1, 0.15) is 0 Å². The molecule has 0 bridgehead atoms. The third-order valence-electron chi connectivity index (χ3n) is 1.23. The first-order valence-electron chi connectivity index (χ1n) is 3.74. The van der Waals surface area contributed by atoms with Gasteiger partial charge in [-0.15, -0.1) is 6.58 Å². The minimum atomic E-state index is -0.0400. The SMILES string of the molecule is C=CCC(C)NC(=O)/C=C/C. The molecule has 0 fully saturated rings. The Morgan fingerprint density at radius 1 is 1.73 bits per heavy atom. The molecule has 0 aromatic rings. The van der Waals surface area contributed by atoms with E-state index in [2.05, 4.69) is 11.9 Å². The molecule has 0 spiro atoms. The second-order valence-electron chi connectivity index (χ2n) is 2.43. The lowest BCUT2D eigenvalue weighted by Gasteiger charge is -2.08. The Balaban J connectivity index is 3.65. The maximum Gasteiger partial charge on any atom is 0.243 e. The number of carbonyl (C=O) groups excluding carboxylic acids is 1. The van der Waals surface area contributed by atoms with Gasteiger partial charge < -0.3 is 5.32 Å². The number of allylic oxidation sites excluding steroid dienone is 1. The van der Waals surface area contributed by atoms with Gasteiger partial charge in [0.25, 0.3) is 0 Å². The van der Waals surface area contributed by atoms with Gasteiger partial charge in [-0.3, -0.25) is 4.79 Å². The number of amides is 1. The topological polar surface area (TPSA) is 29.1 Å². The average molecular weight is 153 g/mol. The minimum absolute atomic E-state index is 0.0400. The second-order valence-corrected chi connectivity index (χ2v) is 2.43. The zero-order valence-corrected chi connectivity index (χ0v) is 7.13. The van der Waals surface area contributed by atoms with Crippen LogP contribution in [-0.4, -0.2) is 11.9 Å². The summed E-state index contributed by atoms with van der Waals surface area (Å²) in [5.41, 5.74) is 0. The molecule has 0 aliphatic heterocycles. The van der Waals surface area contributed by atoms with E-state index in [0.717, 1.165) is 6.42 Å².